The second-order valence-corrected chi connectivity index (χ2v) is 6.11. The van der Waals surface area contributed by atoms with Gasteiger partial charge in [0.15, 0.2) is 0 Å². The van der Waals surface area contributed by atoms with Crippen LogP contribution in [0.2, 0.25) is 0 Å². The Kier molecular flexibility index (Phi) is 2.94. The van der Waals surface area contributed by atoms with Gasteiger partial charge < -0.3 is 15.1 Å². The topological polar surface area (TPSA) is 43.7 Å². The van der Waals surface area contributed by atoms with Crippen LogP contribution in [0.4, 0.5) is 0 Å². The molecule has 2 saturated carbocycles. The summed E-state index contributed by atoms with van der Waals surface area (Å²) in [6, 6.07) is 0. The zero-order valence-corrected chi connectivity index (χ0v) is 9.89. The van der Waals surface area contributed by atoms with Crippen molar-refractivity contribution < 1.29 is 10.2 Å². The van der Waals surface area contributed by atoms with Crippen molar-refractivity contribution in [1.29, 1.82) is 0 Å². The first-order valence-corrected chi connectivity index (χ1v) is 6.76. The van der Waals surface area contributed by atoms with Crippen LogP contribution in [0.1, 0.15) is 19.3 Å². The molecule has 3 nitrogen and oxygen atoms in total. The second kappa shape index (κ2) is 4.28. The summed E-state index contributed by atoms with van der Waals surface area (Å²) in [4.78, 5) is 2.58. The highest BCUT2D eigenvalue weighted by molar-refractivity contribution is 4.98. The Morgan fingerprint density at radius 2 is 1.50 bits per heavy atom. The summed E-state index contributed by atoms with van der Waals surface area (Å²) in [7, 11) is 0. The van der Waals surface area contributed by atoms with E-state index >= 15 is 0 Å². The van der Waals surface area contributed by atoms with Gasteiger partial charge in [-0.2, -0.15) is 0 Å². The van der Waals surface area contributed by atoms with Gasteiger partial charge in [-0.1, -0.05) is 0 Å². The number of hydrogen-bond donors (Lipinski definition) is 2. The Hall–Kier alpha value is -0.120. The molecule has 1 heterocycles. The lowest BCUT2D eigenvalue weighted by Crippen LogP contribution is -2.27. The van der Waals surface area contributed by atoms with Gasteiger partial charge >= 0.3 is 0 Å². The minimum atomic E-state index is 0.314. The summed E-state index contributed by atoms with van der Waals surface area (Å²) in [6.07, 6.45) is 3.87. The monoisotopic (exact) mass is 225 g/mol. The third-order valence-corrected chi connectivity index (χ3v) is 4.99. The van der Waals surface area contributed by atoms with E-state index in [4.69, 9.17) is 0 Å². The third kappa shape index (κ3) is 1.89. The maximum absolute atomic E-state index is 9.41. The quantitative estimate of drug-likeness (QED) is 0.735. The van der Waals surface area contributed by atoms with Crippen molar-refractivity contribution in [2.45, 2.75) is 19.3 Å². The largest absolute Gasteiger partial charge is 0.396 e. The highest BCUT2D eigenvalue weighted by atomic mass is 16.3. The Morgan fingerprint density at radius 1 is 0.938 bits per heavy atom. The van der Waals surface area contributed by atoms with Gasteiger partial charge in [0.2, 0.25) is 0 Å². The van der Waals surface area contributed by atoms with Crippen LogP contribution >= 0.6 is 0 Å². The molecule has 3 heteroatoms. The first-order valence-electron chi connectivity index (χ1n) is 6.76. The van der Waals surface area contributed by atoms with E-state index in [2.05, 4.69) is 4.90 Å². The molecule has 0 bridgehead atoms. The fourth-order valence-corrected chi connectivity index (χ4v) is 3.91. The Labute approximate surface area is 97.4 Å². The standard InChI is InChI=1S/C13H23NO2/c15-7-10-3-11(8-16)13-6-14(5-12(10)13)4-9-1-2-9/h9-13,15-16H,1-8H2/t10-,11+,12+,13-. The number of aliphatic hydroxyl groups excluding tert-OH is 2. The van der Waals surface area contributed by atoms with E-state index in [0.29, 0.717) is 36.9 Å². The molecule has 4 atom stereocenters. The Morgan fingerprint density at radius 3 is 1.94 bits per heavy atom. The lowest BCUT2D eigenvalue weighted by molar-refractivity contribution is 0.168. The molecule has 1 saturated heterocycles. The van der Waals surface area contributed by atoms with E-state index in [1.165, 1.54) is 32.5 Å². The van der Waals surface area contributed by atoms with Crippen molar-refractivity contribution in [2.24, 2.45) is 29.6 Å². The van der Waals surface area contributed by atoms with Crippen LogP contribution in [-0.2, 0) is 0 Å². The molecule has 0 radical (unpaired) electrons. The molecular formula is C13H23NO2. The molecular weight excluding hydrogens is 202 g/mol. The van der Waals surface area contributed by atoms with Gasteiger partial charge in [-0.3, -0.25) is 0 Å². The minimum Gasteiger partial charge on any atom is -0.396 e. The van der Waals surface area contributed by atoms with Crippen molar-refractivity contribution in [3.63, 3.8) is 0 Å². The molecule has 2 aliphatic carbocycles. The number of fused-ring (bicyclic) bond motifs is 1. The Balaban J connectivity index is 1.63. The molecule has 0 aromatic rings. The van der Waals surface area contributed by atoms with Gasteiger partial charge in [0.25, 0.3) is 0 Å². The summed E-state index contributed by atoms with van der Waals surface area (Å²) in [5.74, 6) is 3.17. The average Bonchev–Trinajstić information content (AvgIpc) is 2.89. The van der Waals surface area contributed by atoms with E-state index < -0.39 is 0 Å². The van der Waals surface area contributed by atoms with Gasteiger partial charge in [-0.05, 0) is 48.9 Å². The van der Waals surface area contributed by atoms with E-state index in [9.17, 15) is 10.2 Å². The second-order valence-electron chi connectivity index (χ2n) is 6.11. The fourth-order valence-electron chi connectivity index (χ4n) is 3.91. The van der Waals surface area contributed by atoms with Gasteiger partial charge in [-0.25, -0.2) is 0 Å². The molecule has 1 aliphatic heterocycles. The maximum atomic E-state index is 9.41. The summed E-state index contributed by atoms with van der Waals surface area (Å²) in [5.41, 5.74) is 0. The molecule has 92 valence electrons. The van der Waals surface area contributed by atoms with Crippen LogP contribution in [0.3, 0.4) is 0 Å². The first-order chi connectivity index (χ1) is 7.81. The van der Waals surface area contributed by atoms with Gasteiger partial charge in [0, 0.05) is 32.8 Å². The zero-order chi connectivity index (χ0) is 11.1. The molecule has 2 N–H and O–H groups in total. The smallest absolute Gasteiger partial charge is 0.0462 e. The first kappa shape index (κ1) is 11.0. The number of likely N-dealkylation sites (tertiary alicyclic amines) is 1. The lowest BCUT2D eigenvalue weighted by atomic mass is 9.91. The van der Waals surface area contributed by atoms with Crippen molar-refractivity contribution >= 4 is 0 Å². The summed E-state index contributed by atoms with van der Waals surface area (Å²) < 4.78 is 0. The van der Waals surface area contributed by atoms with Crippen molar-refractivity contribution in [2.75, 3.05) is 32.8 Å². The zero-order valence-electron chi connectivity index (χ0n) is 9.89. The summed E-state index contributed by atoms with van der Waals surface area (Å²) >= 11 is 0. The molecule has 3 rings (SSSR count). The SMILES string of the molecule is OC[C@@H]1C[C@H](CO)[C@@H]2CN(CC3CC3)C[C@H]12. The molecule has 0 aromatic heterocycles. The van der Waals surface area contributed by atoms with Crippen LogP contribution in [0.5, 0.6) is 0 Å². The van der Waals surface area contributed by atoms with Crippen LogP contribution < -0.4 is 0 Å². The van der Waals surface area contributed by atoms with Crippen molar-refractivity contribution in [3.8, 4) is 0 Å². The van der Waals surface area contributed by atoms with Crippen LogP contribution in [-0.4, -0.2) is 48.0 Å². The lowest BCUT2D eigenvalue weighted by Gasteiger charge is -2.20. The normalized spacial score (nSPS) is 43.9. The van der Waals surface area contributed by atoms with E-state index in [-0.39, 0.29) is 0 Å². The number of nitrogens with zero attached hydrogens (tertiary/aromatic N) is 1. The van der Waals surface area contributed by atoms with Crippen molar-refractivity contribution in [1.82, 2.24) is 4.90 Å². The molecule has 16 heavy (non-hydrogen) atoms. The summed E-state index contributed by atoms with van der Waals surface area (Å²) in [5, 5.41) is 18.8. The number of rotatable bonds is 4. The predicted molar refractivity (Wildman–Crippen MR) is 61.9 cm³/mol. The van der Waals surface area contributed by atoms with Gasteiger partial charge in [-0.15, -0.1) is 0 Å². The van der Waals surface area contributed by atoms with E-state index in [0.717, 1.165) is 12.3 Å². The minimum absolute atomic E-state index is 0.314. The molecule has 3 aliphatic rings. The van der Waals surface area contributed by atoms with Gasteiger partial charge in [0.1, 0.15) is 0 Å². The predicted octanol–water partition coefficient (Wildman–Crippen LogP) is 0.565. The molecule has 0 spiro atoms. The van der Waals surface area contributed by atoms with E-state index in [1.54, 1.807) is 0 Å². The Bertz CT molecular complexity index is 236. The van der Waals surface area contributed by atoms with Gasteiger partial charge in [0.05, 0.1) is 0 Å². The van der Waals surface area contributed by atoms with Crippen LogP contribution in [0, 0.1) is 29.6 Å². The fraction of sp³-hybridized carbons (Fsp3) is 1.00. The number of hydrogen-bond acceptors (Lipinski definition) is 3. The van der Waals surface area contributed by atoms with Crippen LogP contribution in [0.15, 0.2) is 0 Å². The highest BCUT2D eigenvalue weighted by Gasteiger charge is 2.48. The molecule has 0 aromatic carbocycles. The van der Waals surface area contributed by atoms with Crippen LogP contribution in [0.25, 0.3) is 0 Å². The molecule has 0 amide bonds. The maximum Gasteiger partial charge on any atom is 0.0462 e. The average molecular weight is 225 g/mol. The number of aliphatic hydroxyl groups is 2. The van der Waals surface area contributed by atoms with Crippen molar-refractivity contribution in [3.05, 3.63) is 0 Å². The molecule has 0 unspecified atom stereocenters. The van der Waals surface area contributed by atoms with E-state index in [1.807, 2.05) is 0 Å². The molecule has 3 fully saturated rings. The third-order valence-electron chi connectivity index (χ3n) is 4.99. The summed E-state index contributed by atoms with van der Waals surface area (Å²) in [6.45, 7) is 4.24. The highest BCUT2D eigenvalue weighted by Crippen LogP contribution is 2.46.